The lowest BCUT2D eigenvalue weighted by atomic mass is 9.74. The van der Waals surface area contributed by atoms with Crippen LogP contribution in [0.15, 0.2) is 12.4 Å². The highest BCUT2D eigenvalue weighted by Gasteiger charge is 2.38. The van der Waals surface area contributed by atoms with Gasteiger partial charge in [0.2, 0.25) is 5.91 Å². The molecule has 3 rings (SSSR count). The number of nitrogens with one attached hydrogen (secondary N) is 1. The molecule has 0 aromatic carbocycles. The topological polar surface area (TPSA) is 76.2 Å². The first kappa shape index (κ1) is 22.1. The zero-order valence-electron chi connectivity index (χ0n) is 15.1. The van der Waals surface area contributed by atoms with Crippen molar-refractivity contribution in [2.45, 2.75) is 57.0 Å². The van der Waals surface area contributed by atoms with Crippen molar-refractivity contribution in [1.82, 2.24) is 15.1 Å². The summed E-state index contributed by atoms with van der Waals surface area (Å²) in [6.07, 6.45) is 10.1. The van der Waals surface area contributed by atoms with Crippen molar-refractivity contribution in [3.8, 4) is 0 Å². The molecule has 1 aromatic heterocycles. The number of halogens is 2. The van der Waals surface area contributed by atoms with Crippen LogP contribution in [0.5, 0.6) is 0 Å². The number of hydrogen-bond donors (Lipinski definition) is 2. The van der Waals surface area contributed by atoms with Crippen LogP contribution in [-0.2, 0) is 11.8 Å². The van der Waals surface area contributed by atoms with Crippen molar-refractivity contribution < 1.29 is 4.79 Å². The molecular formula is C17H31Cl2N5O. The summed E-state index contributed by atoms with van der Waals surface area (Å²) in [7, 11) is 1.93. The molecule has 3 N–H and O–H groups in total. The molecule has 8 heteroatoms. The third kappa shape index (κ3) is 5.25. The normalized spacial score (nSPS) is 29.3. The minimum Gasteiger partial charge on any atom is -0.367 e. The summed E-state index contributed by atoms with van der Waals surface area (Å²) >= 11 is 0. The fourth-order valence-electron chi connectivity index (χ4n) is 3.99. The number of piperidine rings is 1. The monoisotopic (exact) mass is 391 g/mol. The summed E-state index contributed by atoms with van der Waals surface area (Å²) < 4.78 is 1.82. The molecule has 1 amide bonds. The van der Waals surface area contributed by atoms with Gasteiger partial charge in [0.25, 0.3) is 0 Å². The highest BCUT2D eigenvalue weighted by Crippen LogP contribution is 2.32. The lowest BCUT2D eigenvalue weighted by molar-refractivity contribution is -0.128. The Kier molecular flexibility index (Phi) is 8.03. The average molecular weight is 392 g/mol. The van der Waals surface area contributed by atoms with Gasteiger partial charge in [-0.1, -0.05) is 12.8 Å². The van der Waals surface area contributed by atoms with E-state index in [1.165, 1.54) is 0 Å². The summed E-state index contributed by atoms with van der Waals surface area (Å²) in [6.45, 7) is 3.90. The van der Waals surface area contributed by atoms with Crippen LogP contribution in [0, 0.1) is 5.92 Å². The van der Waals surface area contributed by atoms with Gasteiger partial charge < -0.3 is 16.0 Å². The molecular weight excluding hydrogens is 361 g/mol. The van der Waals surface area contributed by atoms with E-state index in [0.717, 1.165) is 57.3 Å². The van der Waals surface area contributed by atoms with Crippen LogP contribution in [0.25, 0.3) is 0 Å². The second-order valence-electron chi connectivity index (χ2n) is 7.47. The number of hydrogen-bond acceptors (Lipinski definition) is 4. The molecule has 0 spiro atoms. The van der Waals surface area contributed by atoms with Crippen LogP contribution in [0.3, 0.4) is 0 Å². The predicted octanol–water partition coefficient (Wildman–Crippen LogP) is 2.26. The van der Waals surface area contributed by atoms with Gasteiger partial charge in [0.1, 0.15) is 0 Å². The summed E-state index contributed by atoms with van der Waals surface area (Å²) in [5.74, 6) is 0.0951. The van der Waals surface area contributed by atoms with Crippen molar-refractivity contribution in [2.75, 3.05) is 18.0 Å². The van der Waals surface area contributed by atoms with Crippen LogP contribution >= 0.6 is 24.8 Å². The Hall–Kier alpha value is -0.980. The minimum atomic E-state index is -0.361. The molecule has 1 saturated heterocycles. The van der Waals surface area contributed by atoms with Crippen molar-refractivity contribution in [3.63, 3.8) is 0 Å². The van der Waals surface area contributed by atoms with Crippen molar-refractivity contribution >= 4 is 36.4 Å². The molecule has 1 saturated carbocycles. The molecule has 0 radical (unpaired) electrons. The molecule has 1 aromatic rings. The van der Waals surface area contributed by atoms with Crippen LogP contribution in [-0.4, -0.2) is 40.4 Å². The van der Waals surface area contributed by atoms with E-state index in [1.807, 2.05) is 31.0 Å². The first-order chi connectivity index (χ1) is 11.0. The molecule has 0 bridgehead atoms. The van der Waals surface area contributed by atoms with E-state index in [-0.39, 0.29) is 48.2 Å². The Bertz CT molecular complexity index is 563. The van der Waals surface area contributed by atoms with Gasteiger partial charge >= 0.3 is 0 Å². The standard InChI is InChI=1S/C17H29N5O.2ClH/c1-17(18)8-4-3-7-15(17)16(23)20-13-6-5-9-22(11-13)14-10-19-21(2)12-14;;/h10,12-13,15H,3-9,11,18H2,1-2H3,(H,20,23);2*1H. The van der Waals surface area contributed by atoms with E-state index in [9.17, 15) is 4.79 Å². The molecule has 2 fully saturated rings. The van der Waals surface area contributed by atoms with Crippen LogP contribution in [0.4, 0.5) is 5.69 Å². The maximum atomic E-state index is 12.7. The van der Waals surface area contributed by atoms with Crippen LogP contribution in [0.2, 0.25) is 0 Å². The van der Waals surface area contributed by atoms with Gasteiger partial charge in [-0.3, -0.25) is 9.48 Å². The molecule has 3 atom stereocenters. The quantitative estimate of drug-likeness (QED) is 0.828. The molecule has 1 aliphatic carbocycles. The first-order valence-corrected chi connectivity index (χ1v) is 8.78. The third-order valence-corrected chi connectivity index (χ3v) is 5.39. The highest BCUT2D eigenvalue weighted by atomic mass is 35.5. The molecule has 25 heavy (non-hydrogen) atoms. The van der Waals surface area contributed by atoms with Gasteiger partial charge in [0.15, 0.2) is 0 Å². The van der Waals surface area contributed by atoms with Gasteiger partial charge in [0.05, 0.1) is 17.8 Å². The molecule has 3 unspecified atom stereocenters. The van der Waals surface area contributed by atoms with E-state index in [1.54, 1.807) is 0 Å². The van der Waals surface area contributed by atoms with Crippen LogP contribution < -0.4 is 16.0 Å². The van der Waals surface area contributed by atoms with Crippen molar-refractivity contribution in [2.24, 2.45) is 18.7 Å². The zero-order valence-corrected chi connectivity index (χ0v) is 16.7. The number of nitrogens with two attached hydrogens (primary N) is 1. The Morgan fingerprint density at radius 2 is 2.08 bits per heavy atom. The number of nitrogens with zero attached hydrogens (tertiary/aromatic N) is 3. The smallest absolute Gasteiger partial charge is 0.225 e. The number of aromatic nitrogens is 2. The van der Waals surface area contributed by atoms with Gasteiger partial charge in [-0.15, -0.1) is 24.8 Å². The predicted molar refractivity (Wildman–Crippen MR) is 106 cm³/mol. The summed E-state index contributed by atoms with van der Waals surface area (Å²) in [4.78, 5) is 15.0. The molecule has 2 aliphatic rings. The second kappa shape index (κ2) is 9.10. The summed E-state index contributed by atoms with van der Waals surface area (Å²) in [5, 5.41) is 7.50. The molecule has 144 valence electrons. The Morgan fingerprint density at radius 3 is 2.72 bits per heavy atom. The number of rotatable bonds is 3. The Labute approximate surface area is 162 Å². The zero-order chi connectivity index (χ0) is 16.4. The molecule has 6 nitrogen and oxygen atoms in total. The SMILES string of the molecule is Cl.Cl.Cn1cc(N2CCCC(NC(=O)C3CCCCC3(C)N)C2)cn1. The number of aryl methyl sites for hydroxylation is 1. The Morgan fingerprint density at radius 1 is 1.32 bits per heavy atom. The summed E-state index contributed by atoms with van der Waals surface area (Å²) in [5.41, 5.74) is 7.14. The number of carbonyl (C=O) groups excluding carboxylic acids is 1. The maximum absolute atomic E-state index is 12.7. The number of anilines is 1. The van der Waals surface area contributed by atoms with Crippen molar-refractivity contribution in [1.29, 1.82) is 0 Å². The lowest BCUT2D eigenvalue weighted by Crippen LogP contribution is -2.56. The average Bonchev–Trinajstić information content (AvgIpc) is 2.93. The Balaban J connectivity index is 0.00000156. The van der Waals surface area contributed by atoms with Gasteiger partial charge in [-0.25, -0.2) is 0 Å². The maximum Gasteiger partial charge on any atom is 0.225 e. The fraction of sp³-hybridized carbons (Fsp3) is 0.765. The van der Waals surface area contributed by atoms with Gasteiger partial charge in [-0.05, 0) is 32.6 Å². The summed E-state index contributed by atoms with van der Waals surface area (Å²) in [6, 6.07) is 0.203. The third-order valence-electron chi connectivity index (χ3n) is 5.39. The minimum absolute atomic E-state index is 0. The highest BCUT2D eigenvalue weighted by molar-refractivity contribution is 5.85. The van der Waals surface area contributed by atoms with E-state index < -0.39 is 0 Å². The number of carbonyl (C=O) groups is 1. The van der Waals surface area contributed by atoms with E-state index in [0.29, 0.717) is 0 Å². The second-order valence-corrected chi connectivity index (χ2v) is 7.47. The van der Waals surface area contributed by atoms with Crippen LogP contribution in [0.1, 0.15) is 45.4 Å². The van der Waals surface area contributed by atoms with Crippen molar-refractivity contribution in [3.05, 3.63) is 12.4 Å². The van der Waals surface area contributed by atoms with E-state index >= 15 is 0 Å². The lowest BCUT2D eigenvalue weighted by Gasteiger charge is -2.39. The molecule has 2 heterocycles. The number of amides is 1. The van der Waals surface area contributed by atoms with E-state index in [2.05, 4.69) is 15.3 Å². The fourth-order valence-corrected chi connectivity index (χ4v) is 3.99. The van der Waals surface area contributed by atoms with Gasteiger partial charge in [0, 0.05) is 37.9 Å². The first-order valence-electron chi connectivity index (χ1n) is 8.78. The van der Waals surface area contributed by atoms with E-state index in [4.69, 9.17) is 5.73 Å². The van der Waals surface area contributed by atoms with Gasteiger partial charge in [-0.2, -0.15) is 5.10 Å². The molecule has 1 aliphatic heterocycles. The largest absolute Gasteiger partial charge is 0.367 e.